The highest BCUT2D eigenvalue weighted by Crippen LogP contribution is 2.60. The van der Waals surface area contributed by atoms with Crippen molar-refractivity contribution in [1.82, 2.24) is 0 Å². The molecule has 0 aromatic heterocycles. The molecule has 0 amide bonds. The molecular weight excluding hydrogens is 356 g/mol. The van der Waals surface area contributed by atoms with E-state index >= 15 is 0 Å². The molecule has 0 unspecified atom stereocenters. The molecule has 0 saturated heterocycles. The van der Waals surface area contributed by atoms with Gasteiger partial charge in [0.05, 0.1) is 0 Å². The van der Waals surface area contributed by atoms with E-state index in [9.17, 15) is 0 Å². The average molecular weight is 360 g/mol. The van der Waals surface area contributed by atoms with Crippen molar-refractivity contribution in [3.05, 3.63) is 35.9 Å². The van der Waals surface area contributed by atoms with Gasteiger partial charge < -0.3 is 0 Å². The molecule has 0 nitrogen and oxygen atoms in total. The molecule has 16 heavy (non-hydrogen) atoms. The summed E-state index contributed by atoms with van der Waals surface area (Å²) in [5.74, 6) is 0. The van der Waals surface area contributed by atoms with Gasteiger partial charge >= 0.3 is 0 Å². The lowest BCUT2D eigenvalue weighted by atomic mass is 10.1. The van der Waals surface area contributed by atoms with Gasteiger partial charge in [-0.15, -0.1) is 0 Å². The second-order valence-corrected chi connectivity index (χ2v) is 7.86. The summed E-state index contributed by atoms with van der Waals surface area (Å²) in [6.45, 7) is 0. The molecular formula is C9H4Cl7. The van der Waals surface area contributed by atoms with Crippen molar-refractivity contribution in [3.8, 4) is 0 Å². The number of alkyl halides is 7. The zero-order valence-corrected chi connectivity index (χ0v) is 12.7. The van der Waals surface area contributed by atoms with Crippen LogP contribution in [0.5, 0.6) is 0 Å². The Balaban J connectivity index is 3.22. The number of hydrogen-bond acceptors (Lipinski definition) is 0. The molecule has 0 bridgehead atoms. The fraction of sp³-hybridized carbons (Fsp3) is 0.333. The Morgan fingerprint density at radius 2 is 1.44 bits per heavy atom. The smallest absolute Gasteiger partial charge is 0.0930 e. The zero-order valence-electron chi connectivity index (χ0n) is 7.46. The summed E-state index contributed by atoms with van der Waals surface area (Å²) < 4.78 is -5.88. The third-order valence-corrected chi connectivity index (χ3v) is 5.72. The molecule has 0 fully saturated rings. The van der Waals surface area contributed by atoms with E-state index in [1.807, 2.05) is 0 Å². The van der Waals surface area contributed by atoms with Crippen LogP contribution in [-0.4, -0.2) is 8.13 Å². The fourth-order valence-electron chi connectivity index (χ4n) is 0.936. The van der Waals surface area contributed by atoms with E-state index in [0.717, 1.165) is 0 Å². The Kier molecular flexibility index (Phi) is 4.87. The Labute approximate surface area is 129 Å². The highest BCUT2D eigenvalue weighted by molar-refractivity contribution is 6.78. The zero-order chi connectivity index (χ0) is 12.6. The van der Waals surface area contributed by atoms with Crippen molar-refractivity contribution in [1.29, 1.82) is 0 Å². The van der Waals surface area contributed by atoms with Gasteiger partial charge in [0.1, 0.15) is 0 Å². The SMILES string of the molecule is ClC(Cl)(Cl)C(Cl)(Cl)C(Cl)(Cl)c1[c]cccc1. The monoisotopic (exact) mass is 357 g/mol. The van der Waals surface area contributed by atoms with Crippen molar-refractivity contribution >= 4 is 81.2 Å². The van der Waals surface area contributed by atoms with Crippen LogP contribution in [0.1, 0.15) is 5.56 Å². The summed E-state index contributed by atoms with van der Waals surface area (Å²) in [4.78, 5) is 0. The number of benzene rings is 1. The Morgan fingerprint density at radius 1 is 0.875 bits per heavy atom. The van der Waals surface area contributed by atoms with Crippen LogP contribution in [0.4, 0.5) is 0 Å². The molecule has 1 aromatic rings. The molecule has 1 radical (unpaired) electrons. The minimum Gasteiger partial charge on any atom is -0.0930 e. The predicted molar refractivity (Wildman–Crippen MR) is 73.4 cm³/mol. The van der Waals surface area contributed by atoms with Crippen LogP contribution < -0.4 is 0 Å². The van der Waals surface area contributed by atoms with E-state index in [-0.39, 0.29) is 0 Å². The minimum absolute atomic E-state index is 0.314. The lowest BCUT2D eigenvalue weighted by Crippen LogP contribution is -2.45. The van der Waals surface area contributed by atoms with Crippen LogP contribution in [-0.2, 0) is 4.33 Å². The van der Waals surface area contributed by atoms with Gasteiger partial charge in [0.25, 0.3) is 0 Å². The molecule has 0 aliphatic rings. The highest BCUT2D eigenvalue weighted by Gasteiger charge is 2.60. The lowest BCUT2D eigenvalue weighted by molar-refractivity contribution is 0.698. The summed E-state index contributed by atoms with van der Waals surface area (Å²) in [6, 6.07) is 9.37. The largest absolute Gasteiger partial charge is 0.226 e. The molecule has 0 spiro atoms. The van der Waals surface area contributed by atoms with Gasteiger partial charge in [-0.05, 0) is 11.6 Å². The summed E-state index contributed by atoms with van der Waals surface area (Å²) in [7, 11) is 0. The van der Waals surface area contributed by atoms with Gasteiger partial charge in [0.2, 0.25) is 8.13 Å². The van der Waals surface area contributed by atoms with E-state index in [1.54, 1.807) is 24.3 Å². The molecule has 0 aliphatic carbocycles. The molecule has 0 saturated carbocycles. The van der Waals surface area contributed by atoms with Crippen molar-refractivity contribution in [2.24, 2.45) is 0 Å². The lowest BCUT2D eigenvalue weighted by Gasteiger charge is -2.37. The maximum atomic E-state index is 6.05. The van der Waals surface area contributed by atoms with Gasteiger partial charge in [-0.25, -0.2) is 0 Å². The van der Waals surface area contributed by atoms with Crippen molar-refractivity contribution in [2.45, 2.75) is 12.5 Å². The first-order valence-electron chi connectivity index (χ1n) is 3.90. The van der Waals surface area contributed by atoms with Crippen LogP contribution in [0, 0.1) is 6.07 Å². The summed E-state index contributed by atoms with van der Waals surface area (Å²) in [6.07, 6.45) is 0. The number of rotatable bonds is 2. The van der Waals surface area contributed by atoms with Gasteiger partial charge in [-0.1, -0.05) is 105 Å². The van der Waals surface area contributed by atoms with Gasteiger partial charge in [0, 0.05) is 0 Å². The maximum Gasteiger partial charge on any atom is 0.226 e. The van der Waals surface area contributed by atoms with E-state index in [0.29, 0.717) is 5.56 Å². The van der Waals surface area contributed by atoms with Crippen LogP contribution >= 0.6 is 81.2 Å². The second kappa shape index (κ2) is 5.09. The quantitative estimate of drug-likeness (QED) is 0.597. The molecule has 1 aromatic carbocycles. The molecule has 0 N–H and O–H groups in total. The van der Waals surface area contributed by atoms with E-state index < -0.39 is 12.5 Å². The van der Waals surface area contributed by atoms with E-state index in [4.69, 9.17) is 81.2 Å². The molecule has 89 valence electrons. The Bertz CT molecular complexity index is 352. The van der Waals surface area contributed by atoms with Crippen LogP contribution in [0.25, 0.3) is 0 Å². The summed E-state index contributed by atoms with van der Waals surface area (Å²) in [5.41, 5.74) is 0.314. The first kappa shape index (κ1) is 15.3. The topological polar surface area (TPSA) is 0 Å². The number of hydrogen-bond donors (Lipinski definition) is 0. The van der Waals surface area contributed by atoms with Gasteiger partial charge in [-0.3, -0.25) is 0 Å². The van der Waals surface area contributed by atoms with Crippen LogP contribution in [0.3, 0.4) is 0 Å². The first-order chi connectivity index (χ1) is 7.11. The average Bonchev–Trinajstić information content (AvgIpc) is 2.17. The summed E-state index contributed by atoms with van der Waals surface area (Å²) in [5, 5.41) is 0. The van der Waals surface area contributed by atoms with E-state index in [2.05, 4.69) is 6.07 Å². The van der Waals surface area contributed by atoms with Crippen LogP contribution in [0.15, 0.2) is 24.3 Å². The Hall–Kier alpha value is 1.25. The normalized spacial score (nSPS) is 13.9. The molecule has 7 heteroatoms. The highest BCUT2D eigenvalue weighted by atomic mass is 35.6. The number of halogens is 7. The van der Waals surface area contributed by atoms with E-state index in [1.165, 1.54) is 0 Å². The molecule has 1 rings (SSSR count). The van der Waals surface area contributed by atoms with Crippen molar-refractivity contribution < 1.29 is 0 Å². The van der Waals surface area contributed by atoms with Crippen LogP contribution in [0.2, 0.25) is 0 Å². The molecule has 0 aliphatic heterocycles. The molecule has 0 heterocycles. The van der Waals surface area contributed by atoms with Crippen molar-refractivity contribution in [3.63, 3.8) is 0 Å². The molecule has 0 atom stereocenters. The second-order valence-electron chi connectivity index (χ2n) is 2.92. The maximum absolute atomic E-state index is 6.05. The standard InChI is InChI=1S/C9H4Cl7/c10-7(11,6-4-2-1-3-5-6)8(12,13)9(14,15)16/h1-4H. The van der Waals surface area contributed by atoms with Crippen molar-refractivity contribution in [2.75, 3.05) is 0 Å². The first-order valence-corrected chi connectivity index (χ1v) is 6.55. The van der Waals surface area contributed by atoms with Gasteiger partial charge in [-0.2, -0.15) is 0 Å². The summed E-state index contributed by atoms with van der Waals surface area (Å²) >= 11 is 40.9. The third kappa shape index (κ3) is 2.80. The van der Waals surface area contributed by atoms with Gasteiger partial charge in [0.15, 0.2) is 4.33 Å². The Morgan fingerprint density at radius 3 is 1.81 bits per heavy atom. The predicted octanol–water partition coefficient (Wildman–Crippen LogP) is 5.66. The fourth-order valence-corrected chi connectivity index (χ4v) is 2.37. The third-order valence-electron chi connectivity index (χ3n) is 1.80. The minimum atomic E-state index is -2.05.